The van der Waals surface area contributed by atoms with Gasteiger partial charge in [0, 0.05) is 13.0 Å². The van der Waals surface area contributed by atoms with E-state index < -0.39 is 23.8 Å². The lowest BCUT2D eigenvalue weighted by Crippen LogP contribution is -2.42. The first kappa shape index (κ1) is 15.4. The monoisotopic (exact) mass is 245 g/mol. The fourth-order valence-corrected chi connectivity index (χ4v) is 1.28. The Hall–Kier alpha value is -1.59. The number of carboxylic acid groups (broad SMARTS) is 2. The number of carbonyl (C=O) groups excluding carboxylic acids is 1. The summed E-state index contributed by atoms with van der Waals surface area (Å²) in [6.07, 6.45) is -0.229. The van der Waals surface area contributed by atoms with Gasteiger partial charge in [-0.05, 0) is 12.8 Å². The Bertz CT molecular complexity index is 313. The molecule has 0 heterocycles. The first-order chi connectivity index (χ1) is 7.67. The Morgan fingerprint density at radius 2 is 1.76 bits per heavy atom. The predicted octanol–water partition coefficient (Wildman–Crippen LogP) is 0.714. The van der Waals surface area contributed by atoms with Gasteiger partial charge in [0.1, 0.15) is 0 Å². The van der Waals surface area contributed by atoms with Crippen LogP contribution in [0, 0.1) is 11.3 Å². The van der Waals surface area contributed by atoms with Crippen LogP contribution in [-0.4, -0.2) is 34.6 Å². The van der Waals surface area contributed by atoms with E-state index in [1.807, 2.05) is 13.8 Å². The Labute approximate surface area is 100 Å². The van der Waals surface area contributed by atoms with Gasteiger partial charge < -0.3 is 15.5 Å². The average Bonchev–Trinajstić information content (AvgIpc) is 2.12. The highest BCUT2D eigenvalue weighted by atomic mass is 16.4. The lowest BCUT2D eigenvalue weighted by molar-refractivity contribution is -0.154. The summed E-state index contributed by atoms with van der Waals surface area (Å²) in [5.74, 6) is -2.53. The van der Waals surface area contributed by atoms with Crippen molar-refractivity contribution in [2.75, 3.05) is 6.54 Å². The largest absolute Gasteiger partial charge is 0.481 e. The van der Waals surface area contributed by atoms with Gasteiger partial charge in [0.2, 0.25) is 5.91 Å². The van der Waals surface area contributed by atoms with Crippen molar-refractivity contribution in [3.05, 3.63) is 0 Å². The van der Waals surface area contributed by atoms with Crippen LogP contribution in [0.15, 0.2) is 0 Å². The molecule has 3 N–H and O–H groups in total. The molecule has 0 radical (unpaired) electrons. The maximum atomic E-state index is 11.4. The summed E-state index contributed by atoms with van der Waals surface area (Å²) < 4.78 is 0. The smallest absolute Gasteiger partial charge is 0.311 e. The van der Waals surface area contributed by atoms with E-state index in [-0.39, 0.29) is 18.4 Å². The number of nitrogens with one attached hydrogen (secondary N) is 1. The standard InChI is InChI=1S/C11H19NO5/c1-7(2)4-8(13)12-6-11(3,10(16)17)5-9(14)15/h7H,4-6H2,1-3H3,(H,12,13)(H,14,15)(H,16,17). The lowest BCUT2D eigenvalue weighted by Gasteiger charge is -2.23. The molecule has 6 heteroatoms. The molecule has 1 amide bonds. The number of carboxylic acids is 2. The molecule has 0 rings (SSSR count). The van der Waals surface area contributed by atoms with Gasteiger partial charge in [0.15, 0.2) is 0 Å². The van der Waals surface area contributed by atoms with E-state index in [0.717, 1.165) is 0 Å². The first-order valence-electron chi connectivity index (χ1n) is 5.39. The third-order valence-corrected chi connectivity index (χ3v) is 2.33. The Balaban J connectivity index is 4.42. The molecule has 0 aliphatic heterocycles. The molecule has 6 nitrogen and oxygen atoms in total. The minimum Gasteiger partial charge on any atom is -0.481 e. The molecule has 0 fully saturated rings. The van der Waals surface area contributed by atoms with E-state index in [9.17, 15) is 14.4 Å². The summed E-state index contributed by atoms with van der Waals surface area (Å²) in [6, 6.07) is 0. The van der Waals surface area contributed by atoms with Crippen LogP contribution in [0.5, 0.6) is 0 Å². The Morgan fingerprint density at radius 3 is 2.12 bits per heavy atom. The van der Waals surface area contributed by atoms with E-state index in [2.05, 4.69) is 5.32 Å². The molecule has 0 aromatic heterocycles. The second kappa shape index (κ2) is 6.22. The van der Waals surface area contributed by atoms with Crippen LogP contribution in [0.1, 0.15) is 33.6 Å². The van der Waals surface area contributed by atoms with Gasteiger partial charge in [-0.1, -0.05) is 13.8 Å². The normalized spacial score (nSPS) is 14.1. The predicted molar refractivity (Wildman–Crippen MR) is 60.5 cm³/mol. The van der Waals surface area contributed by atoms with Crippen LogP contribution in [-0.2, 0) is 14.4 Å². The number of rotatable bonds is 7. The number of carbonyl (C=O) groups is 3. The molecule has 0 spiro atoms. The number of hydrogen-bond acceptors (Lipinski definition) is 3. The van der Waals surface area contributed by atoms with Gasteiger partial charge in [-0.3, -0.25) is 14.4 Å². The van der Waals surface area contributed by atoms with E-state index in [0.29, 0.717) is 6.42 Å². The van der Waals surface area contributed by atoms with Crippen molar-refractivity contribution in [3.63, 3.8) is 0 Å². The van der Waals surface area contributed by atoms with Crippen molar-refractivity contribution in [1.82, 2.24) is 5.32 Å². The molecule has 0 aliphatic carbocycles. The maximum absolute atomic E-state index is 11.4. The Kier molecular flexibility index (Phi) is 5.64. The average molecular weight is 245 g/mol. The zero-order chi connectivity index (χ0) is 13.6. The molecule has 98 valence electrons. The molecular weight excluding hydrogens is 226 g/mol. The maximum Gasteiger partial charge on any atom is 0.311 e. The van der Waals surface area contributed by atoms with E-state index >= 15 is 0 Å². The second-order valence-electron chi connectivity index (χ2n) is 4.81. The third-order valence-electron chi connectivity index (χ3n) is 2.33. The summed E-state index contributed by atoms with van der Waals surface area (Å²) in [7, 11) is 0. The summed E-state index contributed by atoms with van der Waals surface area (Å²) in [5.41, 5.74) is -1.47. The molecule has 0 bridgehead atoms. The fraction of sp³-hybridized carbons (Fsp3) is 0.727. The third kappa shape index (κ3) is 5.89. The molecule has 0 aromatic carbocycles. The topological polar surface area (TPSA) is 104 Å². The van der Waals surface area contributed by atoms with Crippen LogP contribution in [0.3, 0.4) is 0 Å². The van der Waals surface area contributed by atoms with Gasteiger partial charge in [-0.2, -0.15) is 0 Å². The van der Waals surface area contributed by atoms with Crippen molar-refractivity contribution in [2.45, 2.75) is 33.6 Å². The van der Waals surface area contributed by atoms with E-state index in [1.165, 1.54) is 6.92 Å². The minimum atomic E-state index is -1.47. The summed E-state index contributed by atoms with van der Waals surface area (Å²) in [4.78, 5) is 32.9. The zero-order valence-electron chi connectivity index (χ0n) is 10.3. The van der Waals surface area contributed by atoms with Crippen molar-refractivity contribution < 1.29 is 24.6 Å². The summed E-state index contributed by atoms with van der Waals surface area (Å²) in [5, 5.41) is 20.1. The van der Waals surface area contributed by atoms with Gasteiger partial charge in [-0.15, -0.1) is 0 Å². The van der Waals surface area contributed by atoms with Crippen LogP contribution in [0.4, 0.5) is 0 Å². The summed E-state index contributed by atoms with van der Waals surface area (Å²) in [6.45, 7) is 4.86. The molecule has 0 aliphatic rings. The zero-order valence-corrected chi connectivity index (χ0v) is 10.3. The van der Waals surface area contributed by atoms with E-state index in [1.54, 1.807) is 0 Å². The van der Waals surface area contributed by atoms with Crippen molar-refractivity contribution in [3.8, 4) is 0 Å². The molecule has 17 heavy (non-hydrogen) atoms. The van der Waals surface area contributed by atoms with Crippen LogP contribution in [0.2, 0.25) is 0 Å². The molecule has 0 aromatic rings. The highest BCUT2D eigenvalue weighted by molar-refractivity contribution is 5.82. The van der Waals surface area contributed by atoms with Gasteiger partial charge >= 0.3 is 11.9 Å². The lowest BCUT2D eigenvalue weighted by atomic mass is 9.86. The molecular formula is C11H19NO5. The first-order valence-corrected chi connectivity index (χ1v) is 5.39. The van der Waals surface area contributed by atoms with Gasteiger partial charge in [0.25, 0.3) is 0 Å². The minimum absolute atomic E-state index is 0.172. The van der Waals surface area contributed by atoms with Crippen molar-refractivity contribution >= 4 is 17.8 Å². The summed E-state index contributed by atoms with van der Waals surface area (Å²) >= 11 is 0. The Morgan fingerprint density at radius 1 is 1.24 bits per heavy atom. The molecule has 1 atom stereocenters. The van der Waals surface area contributed by atoms with Crippen molar-refractivity contribution in [2.24, 2.45) is 11.3 Å². The fourth-order valence-electron chi connectivity index (χ4n) is 1.28. The number of amides is 1. The van der Waals surface area contributed by atoms with Gasteiger partial charge in [-0.25, -0.2) is 0 Å². The quantitative estimate of drug-likeness (QED) is 0.613. The highest BCUT2D eigenvalue weighted by Gasteiger charge is 2.36. The second-order valence-corrected chi connectivity index (χ2v) is 4.81. The molecule has 1 unspecified atom stereocenters. The van der Waals surface area contributed by atoms with Crippen LogP contribution in [0.25, 0.3) is 0 Å². The molecule has 0 saturated heterocycles. The SMILES string of the molecule is CC(C)CC(=O)NCC(C)(CC(=O)O)C(=O)O. The van der Waals surface area contributed by atoms with Crippen LogP contribution < -0.4 is 5.32 Å². The number of hydrogen-bond donors (Lipinski definition) is 3. The van der Waals surface area contributed by atoms with Crippen molar-refractivity contribution in [1.29, 1.82) is 0 Å². The van der Waals surface area contributed by atoms with Crippen LogP contribution >= 0.6 is 0 Å². The number of aliphatic carboxylic acids is 2. The molecule has 0 saturated carbocycles. The van der Waals surface area contributed by atoms with Gasteiger partial charge in [0.05, 0.1) is 11.8 Å². The highest BCUT2D eigenvalue weighted by Crippen LogP contribution is 2.20. The van der Waals surface area contributed by atoms with E-state index in [4.69, 9.17) is 10.2 Å².